The lowest BCUT2D eigenvalue weighted by atomic mass is 9.96. The van der Waals surface area contributed by atoms with Crippen molar-refractivity contribution in [2.75, 3.05) is 18.0 Å². The number of aryl methyl sites for hydroxylation is 1. The highest BCUT2D eigenvalue weighted by molar-refractivity contribution is 5.86. The van der Waals surface area contributed by atoms with Gasteiger partial charge in [-0.2, -0.15) is 23.4 Å². The summed E-state index contributed by atoms with van der Waals surface area (Å²) in [6, 6.07) is 12.4. The number of fused-ring (bicyclic) bond motifs is 1. The standard InChI is InChI=1S/C28H25F4N7O/c1-16-15-39(26-24-23(37(3)27(40)36-26)11-9-21(12-33)35-24)17(2)14-38(16)25(18-4-7-20(29)8-5-18)22-10-6-19(13-34-22)28(30,31)32/h4-11,13,16-17,25H,14-15H2,1-3H3/t16-,17+,25-/m1/s1. The maximum Gasteiger partial charge on any atom is 0.417 e. The molecular formula is C28H25F4N7O. The predicted molar refractivity (Wildman–Crippen MR) is 140 cm³/mol. The monoisotopic (exact) mass is 551 g/mol. The summed E-state index contributed by atoms with van der Waals surface area (Å²) in [5, 5.41) is 9.39. The number of nitriles is 1. The molecule has 0 saturated carbocycles. The fourth-order valence-corrected chi connectivity index (χ4v) is 5.19. The Bertz CT molecular complexity index is 1650. The van der Waals surface area contributed by atoms with E-state index in [0.717, 1.165) is 12.3 Å². The minimum absolute atomic E-state index is 0.193. The predicted octanol–water partition coefficient (Wildman–Crippen LogP) is 4.44. The van der Waals surface area contributed by atoms with Gasteiger partial charge in [-0.3, -0.25) is 14.5 Å². The van der Waals surface area contributed by atoms with Crippen LogP contribution in [0.5, 0.6) is 0 Å². The molecule has 0 unspecified atom stereocenters. The third-order valence-electron chi connectivity index (χ3n) is 7.27. The van der Waals surface area contributed by atoms with E-state index in [2.05, 4.69) is 19.9 Å². The van der Waals surface area contributed by atoms with Gasteiger partial charge in [-0.1, -0.05) is 12.1 Å². The Morgan fingerprint density at radius 1 is 1.00 bits per heavy atom. The van der Waals surface area contributed by atoms with Gasteiger partial charge in [0.15, 0.2) is 5.82 Å². The second-order valence-electron chi connectivity index (χ2n) is 9.92. The summed E-state index contributed by atoms with van der Waals surface area (Å²) < 4.78 is 54.8. The Balaban J connectivity index is 1.54. The van der Waals surface area contributed by atoms with Gasteiger partial charge in [0, 0.05) is 38.4 Å². The number of anilines is 1. The van der Waals surface area contributed by atoms with E-state index in [4.69, 9.17) is 0 Å². The molecule has 1 aliphatic rings. The van der Waals surface area contributed by atoms with Crippen molar-refractivity contribution in [1.29, 1.82) is 5.26 Å². The average molecular weight is 552 g/mol. The molecule has 1 fully saturated rings. The van der Waals surface area contributed by atoms with Crippen molar-refractivity contribution in [3.05, 3.63) is 93.5 Å². The molecule has 206 valence electrons. The number of benzene rings is 1. The summed E-state index contributed by atoms with van der Waals surface area (Å²) in [6.45, 7) is 4.71. The second-order valence-corrected chi connectivity index (χ2v) is 9.92. The molecule has 12 heteroatoms. The molecule has 0 radical (unpaired) electrons. The van der Waals surface area contributed by atoms with Crippen molar-refractivity contribution in [3.63, 3.8) is 0 Å². The van der Waals surface area contributed by atoms with Gasteiger partial charge in [0.2, 0.25) is 0 Å². The van der Waals surface area contributed by atoms with Crippen LogP contribution in [0.15, 0.2) is 59.5 Å². The van der Waals surface area contributed by atoms with Crippen LogP contribution in [-0.2, 0) is 13.2 Å². The minimum Gasteiger partial charge on any atom is -0.349 e. The number of aromatic nitrogens is 4. The number of hydrogen-bond acceptors (Lipinski definition) is 7. The molecule has 0 bridgehead atoms. The largest absolute Gasteiger partial charge is 0.417 e. The lowest BCUT2D eigenvalue weighted by molar-refractivity contribution is -0.137. The molecule has 3 aromatic heterocycles. The van der Waals surface area contributed by atoms with E-state index in [-0.39, 0.29) is 17.8 Å². The molecule has 5 rings (SSSR count). The first-order valence-electron chi connectivity index (χ1n) is 12.6. The molecule has 0 spiro atoms. The topological polar surface area (TPSA) is 90.9 Å². The maximum atomic E-state index is 13.8. The van der Waals surface area contributed by atoms with Crippen molar-refractivity contribution in [2.24, 2.45) is 7.05 Å². The van der Waals surface area contributed by atoms with E-state index < -0.39 is 29.3 Å². The highest BCUT2D eigenvalue weighted by Crippen LogP contribution is 2.36. The number of nitrogens with zero attached hydrogens (tertiary/aromatic N) is 7. The zero-order valence-electron chi connectivity index (χ0n) is 21.9. The first-order chi connectivity index (χ1) is 19.0. The van der Waals surface area contributed by atoms with Gasteiger partial charge in [0.25, 0.3) is 0 Å². The molecule has 1 saturated heterocycles. The fraction of sp³-hybridized carbons (Fsp3) is 0.321. The van der Waals surface area contributed by atoms with Crippen LogP contribution in [0.2, 0.25) is 0 Å². The number of halogens is 4. The van der Waals surface area contributed by atoms with Crippen molar-refractivity contribution in [3.8, 4) is 6.07 Å². The number of pyridine rings is 2. The SMILES string of the molecule is C[C@@H]1CN(c2nc(=O)n(C)c3ccc(C#N)nc23)[C@@H](C)CN1[C@H](c1ccc(F)cc1)c1ccc(C(F)(F)F)cn1. The number of piperazine rings is 1. The maximum absolute atomic E-state index is 13.8. The van der Waals surface area contributed by atoms with E-state index in [1.807, 2.05) is 24.8 Å². The summed E-state index contributed by atoms with van der Waals surface area (Å²) in [7, 11) is 1.59. The third kappa shape index (κ3) is 5.00. The smallest absolute Gasteiger partial charge is 0.349 e. The molecule has 1 aliphatic heterocycles. The van der Waals surface area contributed by atoms with Crippen LogP contribution in [0.25, 0.3) is 11.0 Å². The van der Waals surface area contributed by atoms with Gasteiger partial charge in [-0.05, 0) is 55.8 Å². The zero-order valence-corrected chi connectivity index (χ0v) is 21.9. The molecule has 3 atom stereocenters. The van der Waals surface area contributed by atoms with Crippen LogP contribution in [-0.4, -0.2) is 49.6 Å². The van der Waals surface area contributed by atoms with Crippen LogP contribution in [0.1, 0.15) is 42.4 Å². The molecule has 4 heterocycles. The van der Waals surface area contributed by atoms with Gasteiger partial charge >= 0.3 is 11.9 Å². The molecule has 8 nitrogen and oxygen atoms in total. The second kappa shape index (κ2) is 10.3. The van der Waals surface area contributed by atoms with Gasteiger partial charge in [0.05, 0.1) is 22.8 Å². The minimum atomic E-state index is -4.52. The van der Waals surface area contributed by atoms with E-state index in [9.17, 15) is 27.6 Å². The van der Waals surface area contributed by atoms with Crippen molar-refractivity contribution < 1.29 is 17.6 Å². The zero-order chi connectivity index (χ0) is 28.8. The Hall–Kier alpha value is -4.37. The number of rotatable bonds is 4. The Morgan fingerprint density at radius 2 is 1.73 bits per heavy atom. The Morgan fingerprint density at radius 3 is 2.35 bits per heavy atom. The first kappa shape index (κ1) is 27.2. The lowest BCUT2D eigenvalue weighted by Gasteiger charge is -2.47. The van der Waals surface area contributed by atoms with Crippen LogP contribution in [0.3, 0.4) is 0 Å². The first-order valence-corrected chi connectivity index (χ1v) is 12.6. The van der Waals surface area contributed by atoms with Crippen LogP contribution < -0.4 is 10.6 Å². The molecule has 4 aromatic rings. The lowest BCUT2D eigenvalue weighted by Crippen LogP contribution is -2.58. The van der Waals surface area contributed by atoms with Crippen molar-refractivity contribution in [2.45, 2.75) is 38.1 Å². The van der Waals surface area contributed by atoms with E-state index in [1.165, 1.54) is 22.8 Å². The molecule has 1 aromatic carbocycles. The summed E-state index contributed by atoms with van der Waals surface area (Å²) in [5.41, 5.74) is 0.909. The van der Waals surface area contributed by atoms with Gasteiger partial charge in [-0.25, -0.2) is 14.2 Å². The molecule has 0 aliphatic carbocycles. The van der Waals surface area contributed by atoms with Crippen molar-refractivity contribution >= 4 is 16.9 Å². The van der Waals surface area contributed by atoms with Crippen LogP contribution in [0, 0.1) is 17.1 Å². The van der Waals surface area contributed by atoms with E-state index >= 15 is 0 Å². The summed E-state index contributed by atoms with van der Waals surface area (Å²) >= 11 is 0. The molecular weight excluding hydrogens is 526 g/mol. The highest BCUT2D eigenvalue weighted by Gasteiger charge is 2.38. The van der Waals surface area contributed by atoms with Gasteiger partial charge < -0.3 is 4.90 Å². The third-order valence-corrected chi connectivity index (χ3v) is 7.27. The quantitative estimate of drug-likeness (QED) is 0.347. The molecule has 0 N–H and O–H groups in total. The molecule has 40 heavy (non-hydrogen) atoms. The summed E-state index contributed by atoms with van der Waals surface area (Å²) in [5.74, 6) is -0.0675. The Kier molecular flexibility index (Phi) is 7.01. The Labute approximate surface area is 227 Å². The number of hydrogen-bond donors (Lipinski definition) is 0. The molecule has 0 amide bonds. The van der Waals surface area contributed by atoms with E-state index in [1.54, 1.807) is 31.3 Å². The van der Waals surface area contributed by atoms with Gasteiger partial charge in [-0.15, -0.1) is 0 Å². The van der Waals surface area contributed by atoms with Crippen LogP contribution >= 0.6 is 0 Å². The summed E-state index contributed by atoms with van der Waals surface area (Å²) in [4.78, 5) is 29.7. The van der Waals surface area contributed by atoms with Gasteiger partial charge in [0.1, 0.15) is 23.1 Å². The fourth-order valence-electron chi connectivity index (χ4n) is 5.19. The average Bonchev–Trinajstić information content (AvgIpc) is 2.93. The summed E-state index contributed by atoms with van der Waals surface area (Å²) in [6.07, 6.45) is -3.71. The van der Waals surface area contributed by atoms with Crippen molar-refractivity contribution in [1.82, 2.24) is 24.4 Å². The highest BCUT2D eigenvalue weighted by atomic mass is 19.4. The van der Waals surface area contributed by atoms with Crippen LogP contribution in [0.4, 0.5) is 23.4 Å². The van der Waals surface area contributed by atoms with E-state index in [0.29, 0.717) is 41.2 Å². The normalized spacial score (nSPS) is 19.0. The number of alkyl halides is 3.